The number of rotatable bonds is 2. The van der Waals surface area contributed by atoms with E-state index in [0.717, 1.165) is 29.8 Å². The lowest BCUT2D eigenvalue weighted by Crippen LogP contribution is -2.52. The van der Waals surface area contributed by atoms with Crippen LogP contribution in [-0.4, -0.2) is 35.1 Å². The number of nitrogens with zero attached hydrogens (tertiary/aromatic N) is 2. The fraction of sp³-hybridized carbons (Fsp3) is 0.529. The van der Waals surface area contributed by atoms with Crippen LogP contribution >= 0.6 is 11.8 Å². The summed E-state index contributed by atoms with van der Waals surface area (Å²) < 4.78 is 0. The van der Waals surface area contributed by atoms with Crippen LogP contribution in [0.2, 0.25) is 0 Å². The van der Waals surface area contributed by atoms with Crippen LogP contribution in [0.5, 0.6) is 0 Å². The summed E-state index contributed by atoms with van der Waals surface area (Å²) in [6.45, 7) is 4.73. The zero-order valence-electron chi connectivity index (χ0n) is 12.9. The molecule has 1 unspecified atom stereocenters. The van der Waals surface area contributed by atoms with E-state index in [1.807, 2.05) is 47.9 Å². The van der Waals surface area contributed by atoms with Gasteiger partial charge in [0.2, 0.25) is 5.91 Å². The van der Waals surface area contributed by atoms with Crippen molar-refractivity contribution in [3.63, 3.8) is 0 Å². The number of amides is 2. The van der Waals surface area contributed by atoms with Gasteiger partial charge in [0.1, 0.15) is 0 Å². The lowest BCUT2D eigenvalue weighted by Gasteiger charge is -2.34. The van der Waals surface area contributed by atoms with E-state index in [9.17, 15) is 9.59 Å². The number of hydrogen-bond donors (Lipinski definition) is 0. The summed E-state index contributed by atoms with van der Waals surface area (Å²) >= 11 is 1.62. The molecule has 5 heteroatoms. The summed E-state index contributed by atoms with van der Waals surface area (Å²) in [5.74, 6) is 1.19. The van der Waals surface area contributed by atoms with Crippen molar-refractivity contribution in [2.45, 2.75) is 37.6 Å². The minimum atomic E-state index is -0.819. The Hall–Kier alpha value is -1.49. The van der Waals surface area contributed by atoms with Gasteiger partial charge in [-0.1, -0.05) is 18.2 Å². The highest BCUT2D eigenvalue weighted by Crippen LogP contribution is 2.55. The van der Waals surface area contributed by atoms with E-state index in [1.54, 1.807) is 11.8 Å². The zero-order chi connectivity index (χ0) is 15.5. The van der Waals surface area contributed by atoms with Gasteiger partial charge < -0.3 is 9.80 Å². The molecule has 1 spiro atoms. The van der Waals surface area contributed by atoms with Crippen molar-refractivity contribution in [1.82, 2.24) is 4.90 Å². The van der Waals surface area contributed by atoms with Crippen molar-refractivity contribution >= 4 is 29.3 Å². The minimum Gasteiger partial charge on any atom is -0.315 e. The third-order valence-corrected chi connectivity index (χ3v) is 6.17. The Morgan fingerprint density at radius 3 is 2.73 bits per heavy atom. The Kier molecular flexibility index (Phi) is 3.05. The first-order valence-corrected chi connectivity index (χ1v) is 8.94. The van der Waals surface area contributed by atoms with E-state index >= 15 is 0 Å². The van der Waals surface area contributed by atoms with Crippen LogP contribution in [0.3, 0.4) is 0 Å². The second-order valence-corrected chi connectivity index (χ2v) is 7.83. The lowest BCUT2D eigenvalue weighted by atomic mass is 10.1. The topological polar surface area (TPSA) is 40.6 Å². The molecule has 2 fully saturated rings. The molecule has 4 rings (SSSR count). The molecule has 1 aromatic carbocycles. The first-order valence-electron chi connectivity index (χ1n) is 7.96. The highest BCUT2D eigenvalue weighted by molar-refractivity contribution is 8.01. The summed E-state index contributed by atoms with van der Waals surface area (Å²) in [5.41, 5.74) is 1.95. The average molecular weight is 316 g/mol. The first kappa shape index (κ1) is 14.1. The largest absolute Gasteiger partial charge is 0.315 e. The zero-order valence-corrected chi connectivity index (χ0v) is 13.7. The number of anilines is 1. The van der Waals surface area contributed by atoms with Gasteiger partial charge >= 0.3 is 0 Å². The van der Waals surface area contributed by atoms with Crippen LogP contribution in [0.4, 0.5) is 5.69 Å². The van der Waals surface area contributed by atoms with Crippen LogP contribution in [0.15, 0.2) is 24.3 Å². The summed E-state index contributed by atoms with van der Waals surface area (Å²) in [7, 11) is 0. The van der Waals surface area contributed by atoms with Crippen molar-refractivity contribution < 1.29 is 9.59 Å². The van der Waals surface area contributed by atoms with Gasteiger partial charge in [0.25, 0.3) is 5.91 Å². The molecule has 0 N–H and O–H groups in total. The van der Waals surface area contributed by atoms with Crippen molar-refractivity contribution in [2.24, 2.45) is 5.92 Å². The second kappa shape index (κ2) is 4.75. The Morgan fingerprint density at radius 1 is 1.32 bits per heavy atom. The van der Waals surface area contributed by atoms with Gasteiger partial charge in [0.05, 0.1) is 5.69 Å². The van der Waals surface area contributed by atoms with Crippen molar-refractivity contribution in [2.75, 3.05) is 17.2 Å². The molecule has 4 nitrogen and oxygen atoms in total. The quantitative estimate of drug-likeness (QED) is 0.842. The van der Waals surface area contributed by atoms with Crippen LogP contribution < -0.4 is 4.90 Å². The van der Waals surface area contributed by atoms with Gasteiger partial charge in [0, 0.05) is 29.8 Å². The van der Waals surface area contributed by atoms with Crippen LogP contribution in [0, 0.1) is 5.92 Å². The smallest absolute Gasteiger partial charge is 0.268 e. The first-order chi connectivity index (χ1) is 10.6. The number of para-hydroxylation sites is 1. The molecule has 2 aliphatic heterocycles. The van der Waals surface area contributed by atoms with Crippen LogP contribution in [0.1, 0.15) is 32.3 Å². The summed E-state index contributed by atoms with van der Waals surface area (Å²) in [6, 6.07) is 8.04. The molecule has 2 amide bonds. The predicted molar refractivity (Wildman–Crippen MR) is 87.6 cm³/mol. The molecule has 1 aliphatic carbocycles. The van der Waals surface area contributed by atoms with Crippen LogP contribution in [-0.2, 0) is 14.5 Å². The molecule has 1 saturated heterocycles. The summed E-state index contributed by atoms with van der Waals surface area (Å²) in [5, 5.41) is 0. The molecule has 0 bridgehead atoms. The van der Waals surface area contributed by atoms with Gasteiger partial charge in [-0.2, -0.15) is 0 Å². The Balaban J connectivity index is 1.86. The molecule has 0 radical (unpaired) electrons. The Labute approximate surface area is 134 Å². The normalized spacial score (nSPS) is 27.1. The number of carbonyl (C=O) groups excluding carboxylic acids is 2. The van der Waals surface area contributed by atoms with E-state index in [1.165, 1.54) is 0 Å². The minimum absolute atomic E-state index is 0.0557. The molecule has 1 aromatic rings. The van der Waals surface area contributed by atoms with E-state index < -0.39 is 4.87 Å². The van der Waals surface area contributed by atoms with Crippen molar-refractivity contribution in [3.8, 4) is 0 Å². The number of benzene rings is 1. The average Bonchev–Trinajstić information content (AvgIpc) is 3.20. The van der Waals surface area contributed by atoms with Gasteiger partial charge in [-0.15, -0.1) is 11.8 Å². The van der Waals surface area contributed by atoms with E-state index in [0.29, 0.717) is 6.54 Å². The Bertz CT molecular complexity index is 656. The van der Waals surface area contributed by atoms with Gasteiger partial charge in [-0.25, -0.2) is 0 Å². The highest BCUT2D eigenvalue weighted by Gasteiger charge is 2.60. The highest BCUT2D eigenvalue weighted by atomic mass is 32.2. The standard InChI is InChI=1S/C17H20N2O2S/c1-11(2)19-14-6-4-3-5-13(14)17(16(19)21)18(9-10-22-17)15(20)12-7-8-12/h3-6,11-12H,7-10H2,1-2H3. The molecular weight excluding hydrogens is 296 g/mol. The molecule has 2 heterocycles. The number of hydrogen-bond acceptors (Lipinski definition) is 3. The molecule has 3 aliphatic rings. The second-order valence-electron chi connectivity index (χ2n) is 6.54. The Morgan fingerprint density at radius 2 is 2.05 bits per heavy atom. The maximum absolute atomic E-state index is 13.3. The fourth-order valence-corrected chi connectivity index (χ4v) is 5.06. The third kappa shape index (κ3) is 1.72. The molecule has 22 heavy (non-hydrogen) atoms. The van der Waals surface area contributed by atoms with Crippen LogP contribution in [0.25, 0.3) is 0 Å². The summed E-state index contributed by atoms with van der Waals surface area (Å²) in [6.07, 6.45) is 1.94. The van der Waals surface area contributed by atoms with Gasteiger partial charge in [-0.05, 0) is 32.8 Å². The monoisotopic (exact) mass is 316 g/mol. The molecule has 0 aromatic heterocycles. The number of fused-ring (bicyclic) bond motifs is 2. The van der Waals surface area contributed by atoms with E-state index in [-0.39, 0.29) is 23.8 Å². The molecule has 116 valence electrons. The maximum Gasteiger partial charge on any atom is 0.268 e. The molecule has 1 saturated carbocycles. The summed E-state index contributed by atoms with van der Waals surface area (Å²) in [4.78, 5) is 28.9. The predicted octanol–water partition coefficient (Wildman–Crippen LogP) is 2.58. The van der Waals surface area contributed by atoms with Crippen molar-refractivity contribution in [1.29, 1.82) is 0 Å². The molecular formula is C17H20N2O2S. The maximum atomic E-state index is 13.3. The number of thioether (sulfide) groups is 1. The fourth-order valence-electron chi connectivity index (χ4n) is 3.61. The van der Waals surface area contributed by atoms with Crippen molar-refractivity contribution in [3.05, 3.63) is 29.8 Å². The van der Waals surface area contributed by atoms with E-state index in [2.05, 4.69) is 0 Å². The lowest BCUT2D eigenvalue weighted by molar-refractivity contribution is -0.141. The van der Waals surface area contributed by atoms with Gasteiger partial charge in [-0.3, -0.25) is 9.59 Å². The van der Waals surface area contributed by atoms with E-state index in [4.69, 9.17) is 0 Å². The SMILES string of the molecule is CC(C)N1C(=O)C2(SCCN2C(=O)C2CC2)c2ccccc21. The van der Waals surface area contributed by atoms with Gasteiger partial charge in [0.15, 0.2) is 4.87 Å². The number of carbonyl (C=O) groups is 2. The third-order valence-electron chi connectivity index (χ3n) is 4.75. The molecule has 1 atom stereocenters.